The molecule has 126 valence electrons. The number of carbonyl (C=O) groups is 1. The fourth-order valence-electron chi connectivity index (χ4n) is 3.14. The predicted octanol–water partition coefficient (Wildman–Crippen LogP) is 1.73. The van der Waals surface area contributed by atoms with E-state index in [4.69, 9.17) is 9.72 Å². The molecular formula is C18H22N4O2. The van der Waals surface area contributed by atoms with Crippen LogP contribution in [0.25, 0.3) is 11.0 Å². The van der Waals surface area contributed by atoms with Crippen LogP contribution in [-0.2, 0) is 9.53 Å². The van der Waals surface area contributed by atoms with Crippen LogP contribution in [0.15, 0.2) is 18.2 Å². The lowest BCUT2D eigenvalue weighted by atomic mass is 10.1. The van der Waals surface area contributed by atoms with Crippen LogP contribution < -0.4 is 10.2 Å². The molecule has 0 radical (unpaired) electrons. The topological polar surface area (TPSA) is 67.3 Å². The summed E-state index contributed by atoms with van der Waals surface area (Å²) >= 11 is 0. The van der Waals surface area contributed by atoms with E-state index in [2.05, 4.69) is 34.3 Å². The molecule has 24 heavy (non-hydrogen) atoms. The molecule has 4 rings (SSSR count). The van der Waals surface area contributed by atoms with E-state index in [1.807, 2.05) is 13.0 Å². The van der Waals surface area contributed by atoms with E-state index >= 15 is 0 Å². The summed E-state index contributed by atoms with van der Waals surface area (Å²) in [7, 11) is 0. The number of aromatic nitrogens is 2. The summed E-state index contributed by atoms with van der Waals surface area (Å²) in [5.41, 5.74) is 2.91. The van der Waals surface area contributed by atoms with Gasteiger partial charge < -0.3 is 15.0 Å². The summed E-state index contributed by atoms with van der Waals surface area (Å²) in [6.07, 6.45) is 1.74. The van der Waals surface area contributed by atoms with Crippen molar-refractivity contribution in [1.82, 2.24) is 15.3 Å². The number of pyridine rings is 2. The van der Waals surface area contributed by atoms with Gasteiger partial charge in [-0.3, -0.25) is 4.79 Å². The Labute approximate surface area is 141 Å². The van der Waals surface area contributed by atoms with Crippen LogP contribution in [0.3, 0.4) is 0 Å². The molecule has 0 bridgehead atoms. The molecule has 2 fully saturated rings. The van der Waals surface area contributed by atoms with Gasteiger partial charge in [0, 0.05) is 23.7 Å². The first-order valence-electron chi connectivity index (χ1n) is 8.52. The third kappa shape index (κ3) is 3.06. The van der Waals surface area contributed by atoms with Crippen LogP contribution in [0.1, 0.15) is 24.1 Å². The van der Waals surface area contributed by atoms with Crippen LogP contribution >= 0.6 is 0 Å². The lowest BCUT2D eigenvalue weighted by Crippen LogP contribution is -2.50. The summed E-state index contributed by atoms with van der Waals surface area (Å²) in [5, 5.41) is 4.09. The van der Waals surface area contributed by atoms with Gasteiger partial charge in [0.1, 0.15) is 5.82 Å². The van der Waals surface area contributed by atoms with Crippen molar-refractivity contribution in [3.05, 3.63) is 29.5 Å². The zero-order valence-electron chi connectivity index (χ0n) is 14.1. The Morgan fingerprint density at radius 2 is 2.12 bits per heavy atom. The van der Waals surface area contributed by atoms with Gasteiger partial charge in [0.25, 0.3) is 5.91 Å². The van der Waals surface area contributed by atoms with E-state index < -0.39 is 6.10 Å². The van der Waals surface area contributed by atoms with Crippen molar-refractivity contribution in [1.29, 1.82) is 0 Å². The van der Waals surface area contributed by atoms with Gasteiger partial charge in [-0.15, -0.1) is 0 Å². The van der Waals surface area contributed by atoms with Gasteiger partial charge in [-0.2, -0.15) is 0 Å². The lowest BCUT2D eigenvalue weighted by molar-refractivity contribution is -0.133. The largest absolute Gasteiger partial charge is 0.365 e. The van der Waals surface area contributed by atoms with Crippen LogP contribution in [0.2, 0.25) is 0 Å². The third-order valence-corrected chi connectivity index (χ3v) is 4.60. The Kier molecular flexibility index (Phi) is 3.84. The molecule has 1 amide bonds. The Hall–Kier alpha value is -2.21. The monoisotopic (exact) mass is 326 g/mol. The molecule has 1 aliphatic heterocycles. The molecule has 2 aromatic rings. The van der Waals surface area contributed by atoms with Crippen molar-refractivity contribution in [2.75, 3.05) is 24.6 Å². The molecule has 6 heteroatoms. The predicted molar refractivity (Wildman–Crippen MR) is 92.1 cm³/mol. The number of nitrogens with one attached hydrogen (secondary N) is 1. The number of amides is 1. The van der Waals surface area contributed by atoms with Gasteiger partial charge in [-0.05, 0) is 50.5 Å². The molecule has 1 saturated heterocycles. The van der Waals surface area contributed by atoms with E-state index in [-0.39, 0.29) is 5.91 Å². The normalized spacial score (nSPS) is 21.1. The SMILES string of the molecule is Cc1cc(C)c2ccc(N3CCOC(C(=O)NC4CC4)C3)nc2n1. The summed E-state index contributed by atoms with van der Waals surface area (Å²) in [5.74, 6) is 0.848. The van der Waals surface area contributed by atoms with Crippen LogP contribution in [0.5, 0.6) is 0 Å². The summed E-state index contributed by atoms with van der Waals surface area (Å²) in [6, 6.07) is 6.49. The van der Waals surface area contributed by atoms with Crippen molar-refractivity contribution >= 4 is 22.8 Å². The number of hydrogen-bond donors (Lipinski definition) is 1. The molecule has 1 aliphatic carbocycles. The van der Waals surface area contributed by atoms with Crippen molar-refractivity contribution in [2.45, 2.75) is 38.8 Å². The molecule has 1 saturated carbocycles. The molecule has 1 unspecified atom stereocenters. The number of morpholine rings is 1. The fourth-order valence-corrected chi connectivity index (χ4v) is 3.14. The minimum absolute atomic E-state index is 0.00666. The second kappa shape index (κ2) is 6.02. The molecule has 1 atom stereocenters. The van der Waals surface area contributed by atoms with E-state index in [1.165, 1.54) is 5.56 Å². The highest BCUT2D eigenvalue weighted by molar-refractivity contribution is 5.83. The Morgan fingerprint density at radius 1 is 1.29 bits per heavy atom. The number of carbonyl (C=O) groups excluding carboxylic acids is 1. The molecule has 0 aromatic carbocycles. The van der Waals surface area contributed by atoms with E-state index in [0.717, 1.165) is 41.9 Å². The first-order chi connectivity index (χ1) is 11.6. The first-order valence-corrected chi connectivity index (χ1v) is 8.52. The minimum atomic E-state index is -0.427. The standard InChI is InChI=1S/C18H22N4O2/c1-11-9-12(2)19-17-14(11)5-6-16(21-17)22-7-8-24-15(10-22)18(23)20-13-3-4-13/h5-6,9,13,15H,3-4,7-8,10H2,1-2H3,(H,20,23). The third-order valence-electron chi connectivity index (χ3n) is 4.60. The van der Waals surface area contributed by atoms with Gasteiger partial charge in [-0.25, -0.2) is 9.97 Å². The lowest BCUT2D eigenvalue weighted by Gasteiger charge is -2.33. The second-order valence-corrected chi connectivity index (χ2v) is 6.71. The van der Waals surface area contributed by atoms with Crippen LogP contribution in [-0.4, -0.2) is 47.7 Å². The Morgan fingerprint density at radius 3 is 2.92 bits per heavy atom. The van der Waals surface area contributed by atoms with Crippen molar-refractivity contribution < 1.29 is 9.53 Å². The van der Waals surface area contributed by atoms with Gasteiger partial charge in [-0.1, -0.05) is 0 Å². The van der Waals surface area contributed by atoms with Crippen molar-refractivity contribution in [3.8, 4) is 0 Å². The quantitative estimate of drug-likeness (QED) is 0.930. The molecule has 2 aliphatic rings. The highest BCUT2D eigenvalue weighted by atomic mass is 16.5. The van der Waals surface area contributed by atoms with Gasteiger partial charge >= 0.3 is 0 Å². The maximum atomic E-state index is 12.2. The van der Waals surface area contributed by atoms with Crippen LogP contribution in [0.4, 0.5) is 5.82 Å². The average molecular weight is 326 g/mol. The number of ether oxygens (including phenoxy) is 1. The molecular weight excluding hydrogens is 304 g/mol. The highest BCUT2D eigenvalue weighted by Crippen LogP contribution is 2.23. The maximum Gasteiger partial charge on any atom is 0.251 e. The van der Waals surface area contributed by atoms with Crippen LogP contribution in [0, 0.1) is 13.8 Å². The molecule has 2 aromatic heterocycles. The Balaban J connectivity index is 1.55. The van der Waals surface area contributed by atoms with Crippen molar-refractivity contribution in [2.24, 2.45) is 0 Å². The summed E-state index contributed by atoms with van der Waals surface area (Å²) in [4.78, 5) is 23.6. The summed E-state index contributed by atoms with van der Waals surface area (Å²) in [6.45, 7) is 5.85. The zero-order valence-corrected chi connectivity index (χ0v) is 14.1. The second-order valence-electron chi connectivity index (χ2n) is 6.71. The number of hydrogen-bond acceptors (Lipinski definition) is 5. The first kappa shape index (κ1) is 15.3. The van der Waals surface area contributed by atoms with Gasteiger partial charge in [0.2, 0.25) is 0 Å². The number of nitrogens with zero attached hydrogens (tertiary/aromatic N) is 3. The fraction of sp³-hybridized carbons (Fsp3) is 0.500. The summed E-state index contributed by atoms with van der Waals surface area (Å²) < 4.78 is 5.65. The zero-order chi connectivity index (χ0) is 16.7. The number of fused-ring (bicyclic) bond motifs is 1. The molecule has 1 N–H and O–H groups in total. The molecule has 6 nitrogen and oxygen atoms in total. The molecule has 0 spiro atoms. The van der Waals surface area contributed by atoms with E-state index in [1.54, 1.807) is 0 Å². The smallest absolute Gasteiger partial charge is 0.251 e. The number of rotatable bonds is 3. The van der Waals surface area contributed by atoms with Crippen molar-refractivity contribution in [3.63, 3.8) is 0 Å². The highest BCUT2D eigenvalue weighted by Gasteiger charge is 2.31. The van der Waals surface area contributed by atoms with Gasteiger partial charge in [0.05, 0.1) is 13.2 Å². The maximum absolute atomic E-state index is 12.2. The van der Waals surface area contributed by atoms with E-state index in [9.17, 15) is 4.79 Å². The Bertz CT molecular complexity index is 788. The number of aryl methyl sites for hydroxylation is 2. The average Bonchev–Trinajstić information content (AvgIpc) is 3.38. The number of anilines is 1. The minimum Gasteiger partial charge on any atom is -0.365 e. The van der Waals surface area contributed by atoms with Gasteiger partial charge in [0.15, 0.2) is 11.8 Å². The molecule has 3 heterocycles. The van der Waals surface area contributed by atoms with E-state index in [0.29, 0.717) is 19.2 Å².